The fourth-order valence-electron chi connectivity index (χ4n) is 1.30. The van der Waals surface area contributed by atoms with Crippen molar-refractivity contribution in [3.8, 4) is 0 Å². The summed E-state index contributed by atoms with van der Waals surface area (Å²) in [7, 11) is 0. The molecule has 6 heteroatoms. The Morgan fingerprint density at radius 3 is 2.83 bits per heavy atom. The van der Waals surface area contributed by atoms with Gasteiger partial charge in [-0.05, 0) is 24.6 Å². The summed E-state index contributed by atoms with van der Waals surface area (Å²) in [6.07, 6.45) is 1.63. The van der Waals surface area contributed by atoms with Gasteiger partial charge in [-0.3, -0.25) is 0 Å². The number of alkyl halides is 1. The molecule has 1 rings (SSSR count). The molecule has 0 aliphatic heterocycles. The largest absolute Gasteiger partial charge is 0.591 e. The molecule has 1 atom stereocenters. The van der Waals surface area contributed by atoms with Crippen molar-refractivity contribution in [2.75, 3.05) is 12.4 Å². The Bertz CT molecular complexity index is 429. The lowest BCUT2D eigenvalue weighted by Crippen LogP contribution is -2.12. The second kappa shape index (κ2) is 7.86. The van der Waals surface area contributed by atoms with E-state index in [-0.39, 0.29) is 11.3 Å². The van der Waals surface area contributed by atoms with Gasteiger partial charge in [0.1, 0.15) is 24.0 Å². The Hall–Kier alpha value is -0.460. The molecule has 1 aromatic rings. The van der Waals surface area contributed by atoms with Crippen molar-refractivity contribution < 1.29 is 13.3 Å². The summed E-state index contributed by atoms with van der Waals surface area (Å²) in [5, 5.41) is 0. The Labute approximate surface area is 117 Å². The van der Waals surface area contributed by atoms with Crippen LogP contribution in [0.2, 0.25) is 0 Å². The highest BCUT2D eigenvalue weighted by Crippen LogP contribution is 2.17. The van der Waals surface area contributed by atoms with Crippen LogP contribution in [0, 0.1) is 5.82 Å². The van der Waals surface area contributed by atoms with E-state index < -0.39 is 23.9 Å². The van der Waals surface area contributed by atoms with E-state index in [0.29, 0.717) is 10.2 Å². The van der Waals surface area contributed by atoms with E-state index >= 15 is 0 Å². The lowest BCUT2D eigenvalue weighted by molar-refractivity contribution is 0.573. The normalized spacial score (nSPS) is 13.7. The summed E-state index contributed by atoms with van der Waals surface area (Å²) < 4.78 is 42.4. The van der Waals surface area contributed by atoms with Crippen molar-refractivity contribution in [2.24, 2.45) is 4.40 Å². The third kappa shape index (κ3) is 4.66. The average molecular weight is 338 g/mol. The van der Waals surface area contributed by atoms with Crippen LogP contribution in [0.4, 0.5) is 8.78 Å². The topological polar surface area (TPSA) is 35.4 Å². The van der Waals surface area contributed by atoms with Crippen molar-refractivity contribution in [3.05, 3.63) is 34.1 Å². The molecular weight excluding hydrogens is 324 g/mol. The van der Waals surface area contributed by atoms with Gasteiger partial charge >= 0.3 is 0 Å². The number of benzene rings is 1. The zero-order valence-electron chi connectivity index (χ0n) is 9.96. The predicted molar refractivity (Wildman–Crippen MR) is 74.5 cm³/mol. The maximum atomic E-state index is 13.5. The van der Waals surface area contributed by atoms with E-state index in [9.17, 15) is 13.3 Å². The molecule has 0 radical (unpaired) electrons. The van der Waals surface area contributed by atoms with Gasteiger partial charge in [0.15, 0.2) is 0 Å². The zero-order valence-corrected chi connectivity index (χ0v) is 12.4. The van der Waals surface area contributed by atoms with E-state index in [4.69, 9.17) is 0 Å². The third-order valence-electron chi connectivity index (χ3n) is 2.25. The van der Waals surface area contributed by atoms with E-state index in [1.54, 1.807) is 0 Å². The number of nitrogens with zero attached hydrogens (tertiary/aromatic N) is 1. The fourth-order valence-corrected chi connectivity index (χ4v) is 2.68. The molecule has 0 amide bonds. The summed E-state index contributed by atoms with van der Waals surface area (Å²) in [5.74, 6) is -0.197. The molecule has 0 saturated carbocycles. The highest BCUT2D eigenvalue weighted by Gasteiger charge is 2.15. The summed E-state index contributed by atoms with van der Waals surface area (Å²) in [4.78, 5) is 0. The first-order valence-corrected chi connectivity index (χ1v) is 7.62. The van der Waals surface area contributed by atoms with Gasteiger partial charge in [0, 0.05) is 10.0 Å². The number of rotatable bonds is 6. The summed E-state index contributed by atoms with van der Waals surface area (Å²) >= 11 is 1.68. The SMILES string of the molecule is CCCC[S+]([O-])N=C(CF)c1cc(Br)ccc1F. The van der Waals surface area contributed by atoms with E-state index in [1.165, 1.54) is 18.2 Å². The molecule has 0 aliphatic carbocycles. The molecule has 0 bridgehead atoms. The second-order valence-corrected chi connectivity index (χ2v) is 5.82. The maximum Gasteiger partial charge on any atom is 0.137 e. The second-order valence-electron chi connectivity index (χ2n) is 3.67. The molecule has 0 spiro atoms. The molecule has 0 heterocycles. The first kappa shape index (κ1) is 15.6. The Kier molecular flexibility index (Phi) is 6.81. The highest BCUT2D eigenvalue weighted by atomic mass is 79.9. The summed E-state index contributed by atoms with van der Waals surface area (Å²) in [5.41, 5.74) is -0.0556. The first-order valence-electron chi connectivity index (χ1n) is 5.56. The fraction of sp³-hybridized carbons (Fsp3) is 0.417. The van der Waals surface area contributed by atoms with Crippen LogP contribution in [0.1, 0.15) is 25.3 Å². The molecule has 1 unspecified atom stereocenters. The van der Waals surface area contributed by atoms with Crippen LogP contribution in [-0.4, -0.2) is 22.7 Å². The monoisotopic (exact) mass is 337 g/mol. The van der Waals surface area contributed by atoms with E-state index in [1.807, 2.05) is 6.92 Å². The lowest BCUT2D eigenvalue weighted by atomic mass is 10.1. The Morgan fingerprint density at radius 1 is 1.50 bits per heavy atom. The first-order chi connectivity index (χ1) is 8.58. The van der Waals surface area contributed by atoms with Crippen molar-refractivity contribution in [3.63, 3.8) is 0 Å². The van der Waals surface area contributed by atoms with Gasteiger partial charge in [0.25, 0.3) is 0 Å². The minimum absolute atomic E-state index is 0.0525. The van der Waals surface area contributed by atoms with Crippen LogP contribution in [0.25, 0.3) is 0 Å². The van der Waals surface area contributed by atoms with Gasteiger partial charge < -0.3 is 4.55 Å². The van der Waals surface area contributed by atoms with Gasteiger partial charge in [-0.1, -0.05) is 33.7 Å². The van der Waals surface area contributed by atoms with E-state index in [2.05, 4.69) is 20.3 Å². The van der Waals surface area contributed by atoms with Gasteiger partial charge in [-0.25, -0.2) is 8.78 Å². The smallest absolute Gasteiger partial charge is 0.137 e. The minimum Gasteiger partial charge on any atom is -0.591 e. The molecule has 2 nitrogen and oxygen atoms in total. The average Bonchev–Trinajstić information content (AvgIpc) is 2.36. The van der Waals surface area contributed by atoms with Gasteiger partial charge in [0.05, 0.1) is 11.4 Å². The van der Waals surface area contributed by atoms with Crippen LogP contribution in [-0.2, 0) is 11.4 Å². The summed E-state index contributed by atoms with van der Waals surface area (Å²) in [6.45, 7) is 1.02. The van der Waals surface area contributed by atoms with Gasteiger partial charge in [-0.2, -0.15) is 0 Å². The van der Waals surface area contributed by atoms with Crippen LogP contribution in [0.5, 0.6) is 0 Å². The molecule has 0 aromatic heterocycles. The Morgan fingerprint density at radius 2 is 2.22 bits per heavy atom. The van der Waals surface area contributed by atoms with Crippen molar-refractivity contribution in [1.82, 2.24) is 0 Å². The minimum atomic E-state index is -1.50. The van der Waals surface area contributed by atoms with Crippen LogP contribution in [0.15, 0.2) is 27.1 Å². The van der Waals surface area contributed by atoms with Crippen molar-refractivity contribution >= 4 is 33.0 Å². The molecule has 0 saturated heterocycles. The van der Waals surface area contributed by atoms with Crippen molar-refractivity contribution in [2.45, 2.75) is 19.8 Å². The third-order valence-corrected chi connectivity index (χ3v) is 3.81. The molecule has 0 aliphatic rings. The molecule has 18 heavy (non-hydrogen) atoms. The highest BCUT2D eigenvalue weighted by molar-refractivity contribution is 9.10. The molecular formula is C12H14BrF2NOS. The summed E-state index contributed by atoms with van der Waals surface area (Å²) in [6, 6.07) is 4.17. The van der Waals surface area contributed by atoms with Crippen LogP contribution >= 0.6 is 15.9 Å². The van der Waals surface area contributed by atoms with Gasteiger partial charge in [-0.15, -0.1) is 0 Å². The Balaban J connectivity index is 2.94. The number of unbranched alkanes of at least 4 members (excludes halogenated alkanes) is 1. The molecule has 0 N–H and O–H groups in total. The number of halogens is 3. The zero-order chi connectivity index (χ0) is 13.5. The van der Waals surface area contributed by atoms with Crippen LogP contribution < -0.4 is 0 Å². The van der Waals surface area contributed by atoms with Crippen LogP contribution in [0.3, 0.4) is 0 Å². The molecule has 1 aromatic carbocycles. The number of hydrogen-bond donors (Lipinski definition) is 0. The van der Waals surface area contributed by atoms with Crippen molar-refractivity contribution in [1.29, 1.82) is 0 Å². The number of hydrogen-bond acceptors (Lipinski definition) is 2. The maximum absolute atomic E-state index is 13.5. The quantitative estimate of drug-likeness (QED) is 0.574. The lowest BCUT2D eigenvalue weighted by Gasteiger charge is -2.07. The standard InChI is InChI=1S/C12H14BrF2NOS/c1-2-3-6-18(17)16-12(8-14)10-7-9(13)4-5-11(10)15/h4-5,7H,2-3,6,8H2,1H3. The van der Waals surface area contributed by atoms with Gasteiger partial charge in [0.2, 0.25) is 0 Å². The van der Waals surface area contributed by atoms with E-state index in [0.717, 1.165) is 12.8 Å². The molecule has 0 fully saturated rings. The molecule has 100 valence electrons. The predicted octanol–water partition coefficient (Wildman–Crippen LogP) is 3.81.